The lowest BCUT2D eigenvalue weighted by atomic mass is 9.71. The van der Waals surface area contributed by atoms with Crippen LogP contribution in [0, 0.1) is 23.7 Å². The zero-order valence-corrected chi connectivity index (χ0v) is 25.0. The molecule has 2 aromatic rings. The van der Waals surface area contributed by atoms with Gasteiger partial charge in [-0.15, -0.1) is 6.58 Å². The van der Waals surface area contributed by atoms with E-state index in [4.69, 9.17) is 4.74 Å². The van der Waals surface area contributed by atoms with Crippen LogP contribution in [0.1, 0.15) is 127 Å². The Balaban J connectivity index is 1.18. The minimum atomic E-state index is 0.682. The third kappa shape index (κ3) is 8.70. The third-order valence-corrected chi connectivity index (χ3v) is 10.1. The Hall–Kier alpha value is -1.60. The summed E-state index contributed by atoms with van der Waals surface area (Å²) in [4.78, 5) is 0. The van der Waals surface area contributed by atoms with Crippen molar-refractivity contribution in [2.24, 2.45) is 23.7 Å². The van der Waals surface area contributed by atoms with Crippen LogP contribution in [0.25, 0.3) is 10.8 Å². The Morgan fingerprint density at radius 3 is 2.16 bits per heavy atom. The maximum absolute atomic E-state index is 5.56. The average molecular weight is 517 g/mol. The smallest absolute Gasteiger partial charge is 0.0496 e. The van der Waals surface area contributed by atoms with Crippen LogP contribution in [-0.4, -0.2) is 13.7 Å². The van der Waals surface area contributed by atoms with E-state index in [9.17, 15) is 0 Å². The van der Waals surface area contributed by atoms with Crippen LogP contribution in [0.2, 0.25) is 0 Å². The summed E-state index contributed by atoms with van der Waals surface area (Å²) in [6.45, 7) is 9.54. The van der Waals surface area contributed by atoms with E-state index < -0.39 is 0 Å². The Bertz CT molecular complexity index is 973. The average Bonchev–Trinajstić information content (AvgIpc) is 2.94. The number of hydrogen-bond acceptors (Lipinski definition) is 1. The number of rotatable bonds is 14. The SMILES string of the molecule is C=C(C)CC(COC)C1CCC(CCC2CCC(c3ccc4cc(CCCCCC)ccc4c3)CC2)CC1. The quantitative estimate of drug-likeness (QED) is 0.179. The highest BCUT2D eigenvalue weighted by Crippen LogP contribution is 2.42. The van der Waals surface area contributed by atoms with E-state index in [1.807, 2.05) is 7.11 Å². The molecule has 0 heterocycles. The fourth-order valence-electron chi connectivity index (χ4n) is 7.71. The van der Waals surface area contributed by atoms with Crippen molar-refractivity contribution >= 4 is 10.8 Å². The van der Waals surface area contributed by atoms with Crippen molar-refractivity contribution in [3.05, 3.63) is 59.7 Å². The molecule has 1 heteroatoms. The van der Waals surface area contributed by atoms with Gasteiger partial charge in [0.2, 0.25) is 0 Å². The van der Waals surface area contributed by atoms with Crippen molar-refractivity contribution in [3.8, 4) is 0 Å². The lowest BCUT2D eigenvalue weighted by molar-refractivity contribution is 0.0929. The van der Waals surface area contributed by atoms with E-state index in [-0.39, 0.29) is 0 Å². The summed E-state index contributed by atoms with van der Waals surface area (Å²) in [7, 11) is 1.86. The van der Waals surface area contributed by atoms with Crippen LogP contribution < -0.4 is 0 Å². The summed E-state index contributed by atoms with van der Waals surface area (Å²) in [6.07, 6.45) is 22.0. The van der Waals surface area contributed by atoms with E-state index in [2.05, 4.69) is 56.8 Å². The maximum Gasteiger partial charge on any atom is 0.0496 e. The molecule has 0 saturated heterocycles. The van der Waals surface area contributed by atoms with Gasteiger partial charge in [0.25, 0.3) is 0 Å². The van der Waals surface area contributed by atoms with Gasteiger partial charge < -0.3 is 4.74 Å². The van der Waals surface area contributed by atoms with Crippen molar-refractivity contribution in [2.75, 3.05) is 13.7 Å². The van der Waals surface area contributed by atoms with Crippen LogP contribution in [0.5, 0.6) is 0 Å². The molecule has 1 nitrogen and oxygen atoms in total. The zero-order valence-electron chi connectivity index (χ0n) is 25.0. The molecule has 2 fully saturated rings. The second-order valence-corrected chi connectivity index (χ2v) is 13.2. The highest BCUT2D eigenvalue weighted by molar-refractivity contribution is 5.84. The number of allylic oxidation sites excluding steroid dienone is 1. The lowest BCUT2D eigenvalue weighted by Crippen LogP contribution is -2.25. The third-order valence-electron chi connectivity index (χ3n) is 10.1. The lowest BCUT2D eigenvalue weighted by Gasteiger charge is -2.35. The number of methoxy groups -OCH3 is 1. The molecular weight excluding hydrogens is 460 g/mol. The monoisotopic (exact) mass is 516 g/mol. The molecule has 4 rings (SSSR count). The number of aryl methyl sites for hydroxylation is 1. The molecule has 0 bridgehead atoms. The minimum absolute atomic E-state index is 0.682. The van der Waals surface area contributed by atoms with Crippen molar-refractivity contribution in [2.45, 2.75) is 122 Å². The molecule has 1 atom stereocenters. The summed E-state index contributed by atoms with van der Waals surface area (Å²) in [5.41, 5.74) is 4.41. The molecular formula is C37H56O. The van der Waals surface area contributed by atoms with E-state index >= 15 is 0 Å². The van der Waals surface area contributed by atoms with Gasteiger partial charge >= 0.3 is 0 Å². The van der Waals surface area contributed by atoms with Gasteiger partial charge in [-0.1, -0.05) is 93.8 Å². The largest absolute Gasteiger partial charge is 0.384 e. The van der Waals surface area contributed by atoms with Gasteiger partial charge in [-0.3, -0.25) is 0 Å². The van der Waals surface area contributed by atoms with Crippen molar-refractivity contribution < 1.29 is 4.74 Å². The molecule has 0 aromatic heterocycles. The molecule has 2 aliphatic rings. The molecule has 0 aliphatic heterocycles. The molecule has 210 valence electrons. The Morgan fingerprint density at radius 2 is 1.50 bits per heavy atom. The molecule has 38 heavy (non-hydrogen) atoms. The van der Waals surface area contributed by atoms with Crippen LogP contribution in [0.4, 0.5) is 0 Å². The topological polar surface area (TPSA) is 9.23 Å². The van der Waals surface area contributed by atoms with Gasteiger partial charge in [0, 0.05) is 13.7 Å². The summed E-state index contributed by atoms with van der Waals surface area (Å²) in [5, 5.41) is 2.87. The molecule has 2 aliphatic carbocycles. The Labute approximate surface area is 234 Å². The minimum Gasteiger partial charge on any atom is -0.384 e. The van der Waals surface area contributed by atoms with E-state index in [1.165, 1.54) is 118 Å². The van der Waals surface area contributed by atoms with E-state index in [0.717, 1.165) is 36.7 Å². The number of unbranched alkanes of at least 4 members (excludes halogenated alkanes) is 3. The number of benzene rings is 2. The second-order valence-electron chi connectivity index (χ2n) is 13.2. The predicted molar refractivity (Wildman–Crippen MR) is 166 cm³/mol. The van der Waals surface area contributed by atoms with Crippen LogP contribution >= 0.6 is 0 Å². The number of ether oxygens (including phenoxy) is 1. The Morgan fingerprint density at radius 1 is 0.842 bits per heavy atom. The van der Waals surface area contributed by atoms with Crippen molar-refractivity contribution in [1.82, 2.24) is 0 Å². The molecule has 2 aromatic carbocycles. The highest BCUT2D eigenvalue weighted by atomic mass is 16.5. The van der Waals surface area contributed by atoms with E-state index in [1.54, 1.807) is 5.56 Å². The number of hydrogen-bond donors (Lipinski definition) is 0. The first-order valence-electron chi connectivity index (χ1n) is 16.2. The maximum atomic E-state index is 5.56. The standard InChI is InChI=1S/C37H56O/c1-5-6-7-8-9-31-16-21-36-26-35(23-22-34(36)25-31)32-17-12-29(13-18-32)10-11-30-14-19-33(20-15-30)37(27-38-4)24-28(2)3/h16,21-23,25-26,29-30,32-33,37H,2,5-15,17-20,24,27H2,1,3-4H3. The fraction of sp³-hybridized carbons (Fsp3) is 0.676. The first-order chi connectivity index (χ1) is 18.6. The molecule has 0 radical (unpaired) electrons. The van der Waals surface area contributed by atoms with Crippen molar-refractivity contribution in [3.63, 3.8) is 0 Å². The van der Waals surface area contributed by atoms with Gasteiger partial charge in [0.05, 0.1) is 0 Å². The van der Waals surface area contributed by atoms with Gasteiger partial charge in [0.1, 0.15) is 0 Å². The molecule has 0 spiro atoms. The van der Waals surface area contributed by atoms with Gasteiger partial charge in [-0.05, 0) is 116 Å². The Kier molecular flexibility index (Phi) is 11.8. The zero-order chi connectivity index (χ0) is 26.7. The molecule has 2 saturated carbocycles. The normalized spacial score (nSPS) is 24.9. The van der Waals surface area contributed by atoms with Crippen molar-refractivity contribution in [1.29, 1.82) is 0 Å². The summed E-state index contributed by atoms with van der Waals surface area (Å²) in [6, 6.07) is 14.5. The van der Waals surface area contributed by atoms with E-state index in [0.29, 0.717) is 5.92 Å². The first-order valence-corrected chi connectivity index (χ1v) is 16.2. The summed E-state index contributed by atoms with van der Waals surface area (Å²) < 4.78 is 5.56. The van der Waals surface area contributed by atoms with Crippen LogP contribution in [0.3, 0.4) is 0 Å². The first kappa shape index (κ1) is 29.4. The van der Waals surface area contributed by atoms with Gasteiger partial charge in [-0.25, -0.2) is 0 Å². The van der Waals surface area contributed by atoms with Crippen LogP contribution in [0.15, 0.2) is 48.6 Å². The van der Waals surface area contributed by atoms with Gasteiger partial charge in [-0.2, -0.15) is 0 Å². The molecule has 1 unspecified atom stereocenters. The highest BCUT2D eigenvalue weighted by Gasteiger charge is 2.29. The van der Waals surface area contributed by atoms with Crippen LogP contribution in [-0.2, 0) is 11.2 Å². The summed E-state index contributed by atoms with van der Waals surface area (Å²) >= 11 is 0. The molecule has 0 amide bonds. The number of fused-ring (bicyclic) bond motifs is 1. The second kappa shape index (κ2) is 15.3. The molecule has 0 N–H and O–H groups in total. The summed E-state index contributed by atoms with van der Waals surface area (Å²) in [5.74, 6) is 4.23. The van der Waals surface area contributed by atoms with Gasteiger partial charge in [0.15, 0.2) is 0 Å². The fourth-order valence-corrected chi connectivity index (χ4v) is 7.71. The predicted octanol–water partition coefficient (Wildman–Crippen LogP) is 11.1.